The quantitative estimate of drug-likeness (QED) is 0.631. The summed E-state index contributed by atoms with van der Waals surface area (Å²) in [5.74, 6) is 0.362. The Balaban J connectivity index is 1.44. The summed E-state index contributed by atoms with van der Waals surface area (Å²) in [7, 11) is 0. The third-order valence-corrected chi connectivity index (χ3v) is 6.23. The van der Waals surface area contributed by atoms with Gasteiger partial charge in [0.15, 0.2) is 0 Å². The highest BCUT2D eigenvalue weighted by atomic mass is 35.5. The first-order chi connectivity index (χ1) is 14.4. The number of amides is 3. The van der Waals surface area contributed by atoms with Gasteiger partial charge in [0.2, 0.25) is 5.91 Å². The molecule has 2 aromatic rings. The van der Waals surface area contributed by atoms with E-state index >= 15 is 0 Å². The molecule has 3 rings (SSSR count). The van der Waals surface area contributed by atoms with Crippen molar-refractivity contribution in [2.75, 3.05) is 25.0 Å². The maximum Gasteiger partial charge on any atom is 0.319 e. The molecule has 0 aromatic heterocycles. The van der Waals surface area contributed by atoms with Crippen molar-refractivity contribution in [3.63, 3.8) is 0 Å². The summed E-state index contributed by atoms with van der Waals surface area (Å²) in [5, 5.41) is 6.79. The van der Waals surface area contributed by atoms with Crippen LogP contribution in [-0.2, 0) is 11.2 Å². The number of hydrogen-bond donors (Lipinski definition) is 2. The van der Waals surface area contributed by atoms with Gasteiger partial charge in [-0.3, -0.25) is 4.79 Å². The summed E-state index contributed by atoms with van der Waals surface area (Å²) in [6, 6.07) is 12.9. The maximum atomic E-state index is 12.7. The second-order valence-electron chi connectivity index (χ2n) is 7.76. The number of nitrogens with one attached hydrogen (secondary N) is 2. The van der Waals surface area contributed by atoms with E-state index in [1.807, 2.05) is 48.2 Å². The van der Waals surface area contributed by atoms with Crippen LogP contribution in [0.3, 0.4) is 0 Å². The van der Waals surface area contributed by atoms with Crippen molar-refractivity contribution in [1.82, 2.24) is 10.2 Å². The highest BCUT2D eigenvalue weighted by molar-refractivity contribution is 6.42. The Hall–Kier alpha value is -2.24. The first-order valence-electron chi connectivity index (χ1n) is 10.2. The van der Waals surface area contributed by atoms with Crippen molar-refractivity contribution in [2.45, 2.75) is 32.6 Å². The number of likely N-dealkylation sites (tertiary alicyclic amines) is 1. The molecule has 0 saturated carbocycles. The molecule has 0 aliphatic carbocycles. The average Bonchev–Trinajstić information content (AvgIpc) is 2.75. The number of anilines is 1. The van der Waals surface area contributed by atoms with Crippen LogP contribution in [0.15, 0.2) is 42.5 Å². The molecule has 2 N–H and O–H groups in total. The fourth-order valence-corrected chi connectivity index (χ4v) is 4.06. The van der Waals surface area contributed by atoms with Crippen LogP contribution in [0.5, 0.6) is 0 Å². The standard InChI is InChI=1S/C23H27Cl2N3O2/c1-16-7-10-19(11-8-16)27-23(30)26-14-17-4-3-13-28(15-17)21(29)12-9-18-5-2-6-20(24)22(18)25/h2,5-8,10-11,17H,3-4,9,12-15H2,1H3,(H2,26,27,30). The van der Waals surface area contributed by atoms with E-state index in [-0.39, 0.29) is 17.9 Å². The molecule has 5 nitrogen and oxygen atoms in total. The number of piperidine rings is 1. The normalized spacial score (nSPS) is 16.2. The van der Waals surface area contributed by atoms with E-state index in [1.165, 1.54) is 0 Å². The number of urea groups is 1. The van der Waals surface area contributed by atoms with Crippen LogP contribution < -0.4 is 10.6 Å². The number of nitrogens with zero attached hydrogens (tertiary/aromatic N) is 1. The van der Waals surface area contributed by atoms with Gasteiger partial charge in [-0.05, 0) is 55.9 Å². The van der Waals surface area contributed by atoms with Crippen LogP contribution in [-0.4, -0.2) is 36.5 Å². The summed E-state index contributed by atoms with van der Waals surface area (Å²) >= 11 is 12.3. The van der Waals surface area contributed by atoms with Gasteiger partial charge in [-0.15, -0.1) is 0 Å². The number of hydrogen-bond acceptors (Lipinski definition) is 2. The van der Waals surface area contributed by atoms with Gasteiger partial charge in [0, 0.05) is 31.7 Å². The van der Waals surface area contributed by atoms with Crippen molar-refractivity contribution in [3.05, 3.63) is 63.6 Å². The van der Waals surface area contributed by atoms with Gasteiger partial charge in [0.05, 0.1) is 10.0 Å². The molecule has 7 heteroatoms. The Morgan fingerprint density at radius 3 is 2.67 bits per heavy atom. The average molecular weight is 448 g/mol. The molecule has 160 valence electrons. The Morgan fingerprint density at radius 1 is 1.13 bits per heavy atom. The predicted octanol–water partition coefficient (Wildman–Crippen LogP) is 5.29. The Kier molecular flexibility index (Phi) is 8.00. The minimum Gasteiger partial charge on any atom is -0.342 e. The first-order valence-corrected chi connectivity index (χ1v) is 11.0. The van der Waals surface area contributed by atoms with E-state index in [2.05, 4.69) is 10.6 Å². The topological polar surface area (TPSA) is 61.4 Å². The molecular formula is C23H27Cl2N3O2. The number of halogens is 2. The van der Waals surface area contributed by atoms with E-state index in [4.69, 9.17) is 23.2 Å². The lowest BCUT2D eigenvalue weighted by molar-refractivity contribution is -0.132. The van der Waals surface area contributed by atoms with E-state index < -0.39 is 0 Å². The van der Waals surface area contributed by atoms with Crippen molar-refractivity contribution in [3.8, 4) is 0 Å². The molecule has 30 heavy (non-hydrogen) atoms. The van der Waals surface area contributed by atoms with Crippen LogP contribution >= 0.6 is 23.2 Å². The Bertz CT molecular complexity index is 887. The van der Waals surface area contributed by atoms with Gasteiger partial charge in [0.25, 0.3) is 0 Å². The summed E-state index contributed by atoms with van der Waals surface area (Å²) < 4.78 is 0. The molecule has 1 aliphatic heterocycles. The number of rotatable bonds is 6. The molecule has 0 bridgehead atoms. The van der Waals surface area contributed by atoms with Gasteiger partial charge in [0.1, 0.15) is 0 Å². The molecule has 2 aromatic carbocycles. The van der Waals surface area contributed by atoms with Crippen LogP contribution in [0.2, 0.25) is 10.0 Å². The summed E-state index contributed by atoms with van der Waals surface area (Å²) in [6.07, 6.45) is 2.90. The van der Waals surface area contributed by atoms with Crippen molar-refractivity contribution < 1.29 is 9.59 Å². The van der Waals surface area contributed by atoms with Gasteiger partial charge >= 0.3 is 6.03 Å². The van der Waals surface area contributed by atoms with Crippen LogP contribution in [0.4, 0.5) is 10.5 Å². The molecule has 1 unspecified atom stereocenters. The second kappa shape index (κ2) is 10.7. The SMILES string of the molecule is Cc1ccc(NC(=O)NCC2CCCN(C(=O)CCc3cccc(Cl)c3Cl)C2)cc1. The van der Waals surface area contributed by atoms with E-state index in [9.17, 15) is 9.59 Å². The fraction of sp³-hybridized carbons (Fsp3) is 0.391. The van der Waals surface area contributed by atoms with Gasteiger partial charge < -0.3 is 15.5 Å². The minimum absolute atomic E-state index is 0.111. The zero-order chi connectivity index (χ0) is 21.5. The molecule has 0 spiro atoms. The molecule has 1 heterocycles. The fourth-order valence-electron chi connectivity index (χ4n) is 3.65. The van der Waals surface area contributed by atoms with E-state index in [0.717, 1.165) is 36.2 Å². The third kappa shape index (κ3) is 6.38. The van der Waals surface area contributed by atoms with E-state index in [1.54, 1.807) is 6.07 Å². The van der Waals surface area contributed by atoms with Crippen LogP contribution in [0.1, 0.15) is 30.4 Å². The van der Waals surface area contributed by atoms with Crippen LogP contribution in [0, 0.1) is 12.8 Å². The molecule has 1 fully saturated rings. The number of aryl methyl sites for hydroxylation is 2. The molecule has 0 radical (unpaired) electrons. The van der Waals surface area contributed by atoms with E-state index in [0.29, 0.717) is 36.0 Å². The predicted molar refractivity (Wildman–Crippen MR) is 122 cm³/mol. The number of carbonyl (C=O) groups excluding carboxylic acids is 2. The van der Waals surface area contributed by atoms with Crippen molar-refractivity contribution in [2.24, 2.45) is 5.92 Å². The lowest BCUT2D eigenvalue weighted by Gasteiger charge is -2.33. The summed E-state index contributed by atoms with van der Waals surface area (Å²) in [5.41, 5.74) is 2.80. The monoisotopic (exact) mass is 447 g/mol. The largest absolute Gasteiger partial charge is 0.342 e. The zero-order valence-corrected chi connectivity index (χ0v) is 18.6. The minimum atomic E-state index is -0.224. The van der Waals surface area contributed by atoms with Gasteiger partial charge in [-0.2, -0.15) is 0 Å². The lowest BCUT2D eigenvalue weighted by atomic mass is 9.97. The Morgan fingerprint density at radius 2 is 1.90 bits per heavy atom. The summed E-state index contributed by atoms with van der Waals surface area (Å²) in [4.78, 5) is 26.7. The second-order valence-corrected chi connectivity index (χ2v) is 8.55. The maximum absolute atomic E-state index is 12.7. The van der Waals surface area contributed by atoms with Crippen LogP contribution in [0.25, 0.3) is 0 Å². The molecule has 1 aliphatic rings. The molecular weight excluding hydrogens is 421 g/mol. The molecule has 1 saturated heterocycles. The number of benzene rings is 2. The smallest absolute Gasteiger partial charge is 0.319 e. The zero-order valence-electron chi connectivity index (χ0n) is 17.1. The highest BCUT2D eigenvalue weighted by Crippen LogP contribution is 2.27. The van der Waals surface area contributed by atoms with Crippen molar-refractivity contribution >= 4 is 40.8 Å². The summed E-state index contributed by atoms with van der Waals surface area (Å²) in [6.45, 7) is 3.96. The van der Waals surface area contributed by atoms with Gasteiger partial charge in [-0.25, -0.2) is 4.79 Å². The number of carbonyl (C=O) groups is 2. The third-order valence-electron chi connectivity index (χ3n) is 5.37. The first kappa shape index (κ1) is 22.4. The molecule has 3 amide bonds. The Labute approximate surface area is 187 Å². The van der Waals surface area contributed by atoms with Crippen molar-refractivity contribution in [1.29, 1.82) is 0 Å². The molecule has 1 atom stereocenters. The highest BCUT2D eigenvalue weighted by Gasteiger charge is 2.24. The lowest BCUT2D eigenvalue weighted by Crippen LogP contribution is -2.44. The van der Waals surface area contributed by atoms with Gasteiger partial charge in [-0.1, -0.05) is 53.0 Å².